The highest BCUT2D eigenvalue weighted by Crippen LogP contribution is 2.29. The average Bonchev–Trinajstić information content (AvgIpc) is 2.36. The van der Waals surface area contributed by atoms with E-state index in [2.05, 4.69) is 12.1 Å². The molecule has 1 aromatic carbocycles. The van der Waals surface area contributed by atoms with E-state index in [-0.39, 0.29) is 17.5 Å². The molecule has 1 rings (SSSR count). The number of benzene rings is 1. The molecule has 100 valence electrons. The van der Waals surface area contributed by atoms with Gasteiger partial charge >= 0.3 is 5.97 Å². The Kier molecular flexibility index (Phi) is 5.39. The van der Waals surface area contributed by atoms with Crippen molar-refractivity contribution in [2.45, 2.75) is 53.1 Å². The Morgan fingerprint density at radius 1 is 1.28 bits per heavy atom. The molecule has 0 aliphatic rings. The number of hydrogen-bond donors (Lipinski definition) is 0. The van der Waals surface area contributed by atoms with Gasteiger partial charge in [0.15, 0.2) is 0 Å². The van der Waals surface area contributed by atoms with E-state index < -0.39 is 0 Å². The summed E-state index contributed by atoms with van der Waals surface area (Å²) in [6.45, 7) is 7.84. The molecule has 0 fully saturated rings. The number of carbonyl (C=O) groups is 1. The number of ether oxygens (including phenoxy) is 1. The van der Waals surface area contributed by atoms with Gasteiger partial charge in [-0.05, 0) is 45.6 Å². The van der Waals surface area contributed by atoms with Gasteiger partial charge in [-0.25, -0.2) is 0 Å². The van der Waals surface area contributed by atoms with Gasteiger partial charge in [-0.3, -0.25) is 4.79 Å². The lowest BCUT2D eigenvalue weighted by Crippen LogP contribution is -2.31. The van der Waals surface area contributed by atoms with Crippen LogP contribution >= 0.6 is 0 Å². The highest BCUT2D eigenvalue weighted by Gasteiger charge is 2.33. The standard InChI is InChI=1S/C16H24O2/c1-5-16(4,15(17)18-13(2)3)12-11-14-9-7-6-8-10-14/h6-10,13H,5,11-12H2,1-4H3. The molecule has 1 aromatic rings. The molecule has 0 radical (unpaired) electrons. The summed E-state index contributed by atoms with van der Waals surface area (Å²) in [5.74, 6) is -0.0732. The first-order chi connectivity index (χ1) is 8.48. The van der Waals surface area contributed by atoms with E-state index in [0.29, 0.717) is 0 Å². The second-order valence-electron chi connectivity index (χ2n) is 5.35. The number of carbonyl (C=O) groups excluding carboxylic acids is 1. The van der Waals surface area contributed by atoms with E-state index in [9.17, 15) is 4.79 Å². The van der Waals surface area contributed by atoms with Crippen LogP contribution in [0.1, 0.15) is 46.1 Å². The predicted molar refractivity (Wildman–Crippen MR) is 74.4 cm³/mol. The molecule has 0 aliphatic heterocycles. The van der Waals surface area contributed by atoms with Crippen molar-refractivity contribution in [2.75, 3.05) is 0 Å². The SMILES string of the molecule is CCC(C)(CCc1ccccc1)C(=O)OC(C)C. The number of hydrogen-bond acceptors (Lipinski definition) is 2. The van der Waals surface area contributed by atoms with Crippen molar-refractivity contribution >= 4 is 5.97 Å². The quantitative estimate of drug-likeness (QED) is 0.712. The third-order valence-electron chi connectivity index (χ3n) is 3.42. The molecule has 0 heterocycles. The van der Waals surface area contributed by atoms with Crippen LogP contribution in [0.15, 0.2) is 30.3 Å². The van der Waals surface area contributed by atoms with Gasteiger partial charge in [0.2, 0.25) is 0 Å². The molecular weight excluding hydrogens is 224 g/mol. The van der Waals surface area contributed by atoms with Gasteiger partial charge in [-0.1, -0.05) is 37.3 Å². The molecule has 0 aromatic heterocycles. The summed E-state index contributed by atoms with van der Waals surface area (Å²) >= 11 is 0. The second kappa shape index (κ2) is 6.58. The molecule has 0 spiro atoms. The van der Waals surface area contributed by atoms with Gasteiger partial charge in [0.25, 0.3) is 0 Å². The lowest BCUT2D eigenvalue weighted by Gasteiger charge is -2.27. The molecule has 1 unspecified atom stereocenters. The summed E-state index contributed by atoms with van der Waals surface area (Å²) in [6, 6.07) is 10.3. The average molecular weight is 248 g/mol. The predicted octanol–water partition coefficient (Wildman–Crippen LogP) is 3.99. The fourth-order valence-corrected chi connectivity index (χ4v) is 1.84. The van der Waals surface area contributed by atoms with Gasteiger partial charge in [-0.2, -0.15) is 0 Å². The highest BCUT2D eigenvalue weighted by atomic mass is 16.5. The number of esters is 1. The normalized spacial score (nSPS) is 14.3. The largest absolute Gasteiger partial charge is 0.463 e. The Bertz CT molecular complexity index is 370. The van der Waals surface area contributed by atoms with Crippen LogP contribution in [0.4, 0.5) is 0 Å². The fraction of sp³-hybridized carbons (Fsp3) is 0.562. The first kappa shape index (κ1) is 14.7. The minimum Gasteiger partial charge on any atom is -0.463 e. The fourth-order valence-electron chi connectivity index (χ4n) is 1.84. The van der Waals surface area contributed by atoms with Crippen LogP contribution in [-0.2, 0) is 16.0 Å². The van der Waals surface area contributed by atoms with E-state index in [1.807, 2.05) is 45.9 Å². The minimum absolute atomic E-state index is 0.0416. The van der Waals surface area contributed by atoms with Gasteiger partial charge < -0.3 is 4.74 Å². The molecule has 2 nitrogen and oxygen atoms in total. The zero-order valence-corrected chi connectivity index (χ0v) is 11.9. The molecule has 2 heteroatoms. The lowest BCUT2D eigenvalue weighted by atomic mass is 9.81. The van der Waals surface area contributed by atoms with E-state index in [1.165, 1.54) is 5.56 Å². The molecule has 0 bridgehead atoms. The molecule has 0 saturated heterocycles. The summed E-state index contributed by atoms with van der Waals surface area (Å²) in [6.07, 6.45) is 2.52. The summed E-state index contributed by atoms with van der Waals surface area (Å²) < 4.78 is 5.36. The van der Waals surface area contributed by atoms with Crippen molar-refractivity contribution in [3.63, 3.8) is 0 Å². The minimum atomic E-state index is -0.375. The van der Waals surface area contributed by atoms with E-state index >= 15 is 0 Å². The Morgan fingerprint density at radius 3 is 2.39 bits per heavy atom. The van der Waals surface area contributed by atoms with Crippen LogP contribution in [-0.4, -0.2) is 12.1 Å². The van der Waals surface area contributed by atoms with Crippen molar-refractivity contribution in [1.29, 1.82) is 0 Å². The first-order valence-electron chi connectivity index (χ1n) is 6.73. The van der Waals surface area contributed by atoms with Crippen LogP contribution in [0.5, 0.6) is 0 Å². The summed E-state index contributed by atoms with van der Waals surface area (Å²) in [5, 5.41) is 0. The van der Waals surface area contributed by atoms with Crippen molar-refractivity contribution in [1.82, 2.24) is 0 Å². The van der Waals surface area contributed by atoms with Crippen molar-refractivity contribution in [3.05, 3.63) is 35.9 Å². The molecule has 0 N–H and O–H groups in total. The number of aryl methyl sites for hydroxylation is 1. The van der Waals surface area contributed by atoms with Crippen molar-refractivity contribution < 1.29 is 9.53 Å². The maximum atomic E-state index is 12.1. The van der Waals surface area contributed by atoms with Crippen LogP contribution < -0.4 is 0 Å². The zero-order chi connectivity index (χ0) is 13.6. The highest BCUT2D eigenvalue weighted by molar-refractivity contribution is 5.76. The Hall–Kier alpha value is -1.31. The summed E-state index contributed by atoms with van der Waals surface area (Å²) in [7, 11) is 0. The molecule has 0 aliphatic carbocycles. The maximum Gasteiger partial charge on any atom is 0.312 e. The zero-order valence-electron chi connectivity index (χ0n) is 11.9. The van der Waals surface area contributed by atoms with Gasteiger partial charge in [0.1, 0.15) is 0 Å². The first-order valence-corrected chi connectivity index (χ1v) is 6.73. The Morgan fingerprint density at radius 2 is 1.89 bits per heavy atom. The molecule has 0 amide bonds. The molecule has 18 heavy (non-hydrogen) atoms. The van der Waals surface area contributed by atoms with Crippen LogP contribution in [0.25, 0.3) is 0 Å². The third kappa shape index (κ3) is 4.17. The second-order valence-corrected chi connectivity index (χ2v) is 5.35. The van der Waals surface area contributed by atoms with E-state index in [1.54, 1.807) is 0 Å². The Labute approximate surface area is 110 Å². The molecular formula is C16H24O2. The third-order valence-corrected chi connectivity index (χ3v) is 3.42. The number of rotatable bonds is 6. The smallest absolute Gasteiger partial charge is 0.312 e. The van der Waals surface area contributed by atoms with Gasteiger partial charge in [-0.15, -0.1) is 0 Å². The van der Waals surface area contributed by atoms with Crippen molar-refractivity contribution in [3.8, 4) is 0 Å². The van der Waals surface area contributed by atoms with E-state index in [4.69, 9.17) is 4.74 Å². The van der Waals surface area contributed by atoms with Gasteiger partial charge in [0.05, 0.1) is 11.5 Å². The topological polar surface area (TPSA) is 26.3 Å². The summed E-state index contributed by atoms with van der Waals surface area (Å²) in [4.78, 5) is 12.1. The monoisotopic (exact) mass is 248 g/mol. The van der Waals surface area contributed by atoms with Crippen LogP contribution in [0, 0.1) is 5.41 Å². The molecule has 0 saturated carbocycles. The maximum absolute atomic E-state index is 12.1. The van der Waals surface area contributed by atoms with E-state index in [0.717, 1.165) is 19.3 Å². The molecule has 1 atom stereocenters. The van der Waals surface area contributed by atoms with Crippen LogP contribution in [0.3, 0.4) is 0 Å². The Balaban J connectivity index is 2.62. The van der Waals surface area contributed by atoms with Crippen molar-refractivity contribution in [2.24, 2.45) is 5.41 Å². The summed E-state index contributed by atoms with van der Waals surface area (Å²) in [5.41, 5.74) is 0.898. The van der Waals surface area contributed by atoms with Crippen LogP contribution in [0.2, 0.25) is 0 Å². The lowest BCUT2D eigenvalue weighted by molar-refractivity contribution is -0.159. The van der Waals surface area contributed by atoms with Gasteiger partial charge in [0, 0.05) is 0 Å².